The fourth-order valence-corrected chi connectivity index (χ4v) is 3.72. The highest BCUT2D eigenvalue weighted by Gasteiger charge is 2.23. The molecule has 8 nitrogen and oxygen atoms in total. The molecule has 0 saturated carbocycles. The predicted molar refractivity (Wildman–Crippen MR) is 113 cm³/mol. The van der Waals surface area contributed by atoms with E-state index in [1.807, 2.05) is 38.1 Å². The van der Waals surface area contributed by atoms with Gasteiger partial charge in [-0.05, 0) is 44.2 Å². The first-order valence-electron chi connectivity index (χ1n) is 10.1. The van der Waals surface area contributed by atoms with Gasteiger partial charge >= 0.3 is 0 Å². The number of benzene rings is 1. The lowest BCUT2D eigenvalue weighted by Gasteiger charge is -2.29. The number of aryl methyl sites for hydroxylation is 1. The second-order valence-corrected chi connectivity index (χ2v) is 7.54. The van der Waals surface area contributed by atoms with E-state index in [2.05, 4.69) is 20.4 Å². The summed E-state index contributed by atoms with van der Waals surface area (Å²) in [5.41, 5.74) is 2.98. The largest absolute Gasteiger partial charge is 0.497 e. The number of fused-ring (bicyclic) bond motifs is 1. The zero-order chi connectivity index (χ0) is 21.1. The van der Waals surface area contributed by atoms with Crippen LogP contribution in [0.25, 0.3) is 22.4 Å². The Kier molecular flexibility index (Phi) is 5.96. The van der Waals surface area contributed by atoms with E-state index in [-0.39, 0.29) is 11.9 Å². The number of nitrogens with zero attached hydrogens (tertiary/aromatic N) is 3. The molecule has 1 amide bonds. The Morgan fingerprint density at radius 2 is 2.00 bits per heavy atom. The molecule has 1 atom stereocenters. The van der Waals surface area contributed by atoms with Crippen molar-refractivity contribution in [3.63, 3.8) is 0 Å². The van der Waals surface area contributed by atoms with Crippen LogP contribution in [-0.2, 0) is 4.74 Å². The van der Waals surface area contributed by atoms with E-state index in [0.717, 1.165) is 44.2 Å². The average molecular weight is 410 g/mol. The number of ether oxygens (including phenoxy) is 2. The van der Waals surface area contributed by atoms with Crippen LogP contribution in [0.4, 0.5) is 0 Å². The third kappa shape index (κ3) is 4.29. The van der Waals surface area contributed by atoms with Crippen molar-refractivity contribution >= 4 is 17.0 Å². The average Bonchev–Trinajstić information content (AvgIpc) is 3.17. The summed E-state index contributed by atoms with van der Waals surface area (Å²) in [5.74, 6) is 0.583. The Hall–Kier alpha value is -2.97. The molecule has 1 fully saturated rings. The molecule has 0 aliphatic carbocycles. The summed E-state index contributed by atoms with van der Waals surface area (Å²) in [4.78, 5) is 19.9. The Labute approximate surface area is 175 Å². The third-order valence-electron chi connectivity index (χ3n) is 5.20. The van der Waals surface area contributed by atoms with E-state index in [0.29, 0.717) is 28.1 Å². The smallest absolute Gasteiger partial charge is 0.259 e. The van der Waals surface area contributed by atoms with Gasteiger partial charge in [0.05, 0.1) is 31.3 Å². The Morgan fingerprint density at radius 3 is 2.70 bits per heavy atom. The minimum atomic E-state index is -0.163. The van der Waals surface area contributed by atoms with Crippen LogP contribution in [0.5, 0.6) is 5.75 Å². The number of morpholine rings is 1. The number of methoxy groups -OCH3 is 1. The number of carbonyl (C=O) groups is 1. The van der Waals surface area contributed by atoms with Crippen LogP contribution in [-0.4, -0.2) is 66.9 Å². The zero-order valence-electron chi connectivity index (χ0n) is 17.5. The Morgan fingerprint density at radius 1 is 1.27 bits per heavy atom. The highest BCUT2D eigenvalue weighted by Crippen LogP contribution is 2.31. The Balaban J connectivity index is 1.62. The summed E-state index contributed by atoms with van der Waals surface area (Å²) in [6.07, 6.45) is 0. The Bertz CT molecular complexity index is 1030. The maximum Gasteiger partial charge on any atom is 0.259 e. The number of pyridine rings is 1. The minimum Gasteiger partial charge on any atom is -0.497 e. The van der Waals surface area contributed by atoms with Gasteiger partial charge in [-0.3, -0.25) is 9.69 Å². The summed E-state index contributed by atoms with van der Waals surface area (Å²) in [5, 5.41) is 7.92. The molecule has 0 bridgehead atoms. The molecule has 1 N–H and O–H groups in total. The van der Waals surface area contributed by atoms with E-state index in [1.54, 1.807) is 13.2 Å². The van der Waals surface area contributed by atoms with Crippen LogP contribution in [0, 0.1) is 6.92 Å². The summed E-state index contributed by atoms with van der Waals surface area (Å²) in [7, 11) is 1.62. The van der Waals surface area contributed by atoms with Crippen molar-refractivity contribution in [1.82, 2.24) is 20.4 Å². The lowest BCUT2D eigenvalue weighted by molar-refractivity contribution is 0.0342. The minimum absolute atomic E-state index is 0.0107. The molecule has 30 heavy (non-hydrogen) atoms. The molecule has 1 saturated heterocycles. The first kappa shape index (κ1) is 20.3. The van der Waals surface area contributed by atoms with Crippen LogP contribution < -0.4 is 10.1 Å². The first-order chi connectivity index (χ1) is 14.5. The lowest BCUT2D eigenvalue weighted by atomic mass is 10.0. The summed E-state index contributed by atoms with van der Waals surface area (Å²) in [6, 6.07) is 9.24. The van der Waals surface area contributed by atoms with Crippen molar-refractivity contribution in [2.45, 2.75) is 19.9 Å². The molecule has 3 aromatic rings. The molecule has 0 radical (unpaired) electrons. The molecule has 158 valence electrons. The molecule has 8 heteroatoms. The van der Waals surface area contributed by atoms with Crippen molar-refractivity contribution in [2.75, 3.05) is 40.0 Å². The number of rotatable bonds is 6. The quantitative estimate of drug-likeness (QED) is 0.668. The maximum atomic E-state index is 13.2. The topological polar surface area (TPSA) is 89.7 Å². The van der Waals surface area contributed by atoms with E-state index in [9.17, 15) is 4.79 Å². The first-order valence-corrected chi connectivity index (χ1v) is 10.1. The molecule has 1 aliphatic heterocycles. The van der Waals surface area contributed by atoms with Crippen LogP contribution in [0.3, 0.4) is 0 Å². The van der Waals surface area contributed by atoms with Gasteiger partial charge in [0.1, 0.15) is 11.4 Å². The van der Waals surface area contributed by atoms with Crippen LogP contribution >= 0.6 is 0 Å². The van der Waals surface area contributed by atoms with Crippen molar-refractivity contribution < 1.29 is 18.8 Å². The lowest BCUT2D eigenvalue weighted by Crippen LogP contribution is -2.46. The van der Waals surface area contributed by atoms with Gasteiger partial charge in [-0.15, -0.1) is 0 Å². The molecule has 2 aromatic heterocycles. The van der Waals surface area contributed by atoms with Crippen LogP contribution in [0.1, 0.15) is 23.0 Å². The molecule has 3 heterocycles. The molecule has 1 unspecified atom stereocenters. The zero-order valence-corrected chi connectivity index (χ0v) is 17.5. The van der Waals surface area contributed by atoms with Crippen molar-refractivity contribution in [3.8, 4) is 17.0 Å². The van der Waals surface area contributed by atoms with Gasteiger partial charge in [-0.25, -0.2) is 4.98 Å². The van der Waals surface area contributed by atoms with Crippen molar-refractivity contribution in [2.24, 2.45) is 0 Å². The fourth-order valence-electron chi connectivity index (χ4n) is 3.72. The number of nitrogens with one attached hydrogen (secondary N) is 1. The molecule has 4 rings (SSSR count). The van der Waals surface area contributed by atoms with Gasteiger partial charge in [0.25, 0.3) is 11.6 Å². The van der Waals surface area contributed by atoms with Gasteiger partial charge < -0.3 is 19.3 Å². The highest BCUT2D eigenvalue weighted by molar-refractivity contribution is 6.09. The number of hydrogen-bond acceptors (Lipinski definition) is 7. The van der Waals surface area contributed by atoms with Gasteiger partial charge in [-0.2, -0.15) is 0 Å². The number of carbonyl (C=O) groups excluding carboxylic acids is 1. The standard InChI is InChI=1S/C22H26N4O4/c1-14-12-18(21(27)23-15(2)13-26-8-10-29-11-9-26)19-20(25-30-22(19)24-14)16-4-6-17(28-3)7-5-16/h4-7,12,15H,8-11,13H2,1-3H3,(H,23,27). The summed E-state index contributed by atoms with van der Waals surface area (Å²) < 4.78 is 16.1. The number of hydrogen-bond donors (Lipinski definition) is 1. The van der Waals surface area contributed by atoms with Gasteiger partial charge in [0, 0.05) is 36.9 Å². The highest BCUT2D eigenvalue weighted by atomic mass is 16.5. The van der Waals surface area contributed by atoms with Gasteiger partial charge in [-0.1, -0.05) is 5.16 Å². The molecular formula is C22H26N4O4. The van der Waals surface area contributed by atoms with Gasteiger partial charge in [0.2, 0.25) is 0 Å². The monoisotopic (exact) mass is 410 g/mol. The predicted octanol–water partition coefficient (Wildman–Crippen LogP) is 2.66. The summed E-state index contributed by atoms with van der Waals surface area (Å²) in [6.45, 7) is 7.85. The second-order valence-electron chi connectivity index (χ2n) is 7.54. The van der Waals surface area contributed by atoms with E-state index in [1.165, 1.54) is 0 Å². The second kappa shape index (κ2) is 8.81. The molecular weight excluding hydrogens is 384 g/mol. The van der Waals surface area contributed by atoms with Crippen molar-refractivity contribution in [3.05, 3.63) is 41.6 Å². The molecule has 1 aromatic carbocycles. The van der Waals surface area contributed by atoms with Crippen LogP contribution in [0.2, 0.25) is 0 Å². The van der Waals surface area contributed by atoms with Gasteiger partial charge in [0.15, 0.2) is 0 Å². The molecule has 1 aliphatic rings. The third-order valence-corrected chi connectivity index (χ3v) is 5.20. The van der Waals surface area contributed by atoms with Crippen molar-refractivity contribution in [1.29, 1.82) is 0 Å². The number of amides is 1. The van der Waals surface area contributed by atoms with E-state index >= 15 is 0 Å². The van der Waals surface area contributed by atoms with E-state index < -0.39 is 0 Å². The fraction of sp³-hybridized carbons (Fsp3) is 0.409. The SMILES string of the molecule is COc1ccc(-c2noc3nc(C)cc(C(=O)NC(C)CN4CCOCC4)c23)cc1. The normalized spacial score (nSPS) is 15.8. The maximum absolute atomic E-state index is 13.2. The van der Waals surface area contributed by atoms with E-state index in [4.69, 9.17) is 14.0 Å². The molecule has 0 spiro atoms. The summed E-state index contributed by atoms with van der Waals surface area (Å²) >= 11 is 0. The number of aromatic nitrogens is 2. The van der Waals surface area contributed by atoms with Crippen LogP contribution in [0.15, 0.2) is 34.9 Å².